The highest BCUT2D eigenvalue weighted by Gasteiger charge is 2.40. The van der Waals surface area contributed by atoms with Gasteiger partial charge in [-0.3, -0.25) is 0 Å². The van der Waals surface area contributed by atoms with E-state index >= 15 is 0 Å². The Morgan fingerprint density at radius 2 is 1.58 bits per heavy atom. The van der Waals surface area contributed by atoms with E-state index in [0.717, 1.165) is 11.1 Å². The lowest BCUT2D eigenvalue weighted by Crippen LogP contribution is -2.18. The topological polar surface area (TPSA) is 52.6 Å². The molecule has 0 aromatic heterocycles. The summed E-state index contributed by atoms with van der Waals surface area (Å²) in [6, 6.07) is 18.7. The average molecular weight is 322 g/mol. The number of cyclic esters (lactones) is 1. The molecule has 1 aliphatic rings. The van der Waals surface area contributed by atoms with Gasteiger partial charge in [0.2, 0.25) is 0 Å². The van der Waals surface area contributed by atoms with E-state index in [2.05, 4.69) is 0 Å². The molecule has 2 aromatic rings. The molecular formula is C20H18O4. The molecule has 0 N–H and O–H groups in total. The first-order valence-corrected chi connectivity index (χ1v) is 7.84. The van der Waals surface area contributed by atoms with E-state index in [1.807, 2.05) is 60.7 Å². The van der Waals surface area contributed by atoms with Crippen LogP contribution >= 0.6 is 0 Å². The average Bonchev–Trinajstić information content (AvgIpc) is 2.93. The van der Waals surface area contributed by atoms with Gasteiger partial charge in [-0.15, -0.1) is 0 Å². The van der Waals surface area contributed by atoms with Crippen LogP contribution in [0.1, 0.15) is 31.1 Å². The van der Waals surface area contributed by atoms with Crippen molar-refractivity contribution in [2.24, 2.45) is 0 Å². The van der Waals surface area contributed by atoms with E-state index in [1.165, 1.54) is 0 Å². The van der Waals surface area contributed by atoms with Crippen LogP contribution in [0.25, 0.3) is 5.57 Å². The summed E-state index contributed by atoms with van der Waals surface area (Å²) >= 11 is 0. The first-order chi connectivity index (χ1) is 11.6. The Kier molecular flexibility index (Phi) is 4.47. The third kappa shape index (κ3) is 3.08. The molecule has 0 aliphatic carbocycles. The Bertz CT molecular complexity index is 776. The fourth-order valence-electron chi connectivity index (χ4n) is 2.71. The van der Waals surface area contributed by atoms with Gasteiger partial charge in [0, 0.05) is 5.57 Å². The first-order valence-electron chi connectivity index (χ1n) is 7.84. The van der Waals surface area contributed by atoms with Crippen molar-refractivity contribution >= 4 is 17.5 Å². The van der Waals surface area contributed by atoms with Crippen molar-refractivity contribution in [1.29, 1.82) is 0 Å². The van der Waals surface area contributed by atoms with Gasteiger partial charge < -0.3 is 9.47 Å². The Morgan fingerprint density at radius 1 is 1.00 bits per heavy atom. The largest absolute Gasteiger partial charge is 0.459 e. The van der Waals surface area contributed by atoms with E-state index in [0.29, 0.717) is 5.57 Å². The molecular weight excluding hydrogens is 304 g/mol. The number of rotatable bonds is 4. The minimum absolute atomic E-state index is 0.0243. The Hall–Kier alpha value is -2.88. The molecule has 4 nitrogen and oxygen atoms in total. The van der Waals surface area contributed by atoms with Crippen LogP contribution < -0.4 is 0 Å². The Morgan fingerprint density at radius 3 is 2.17 bits per heavy atom. The zero-order valence-corrected chi connectivity index (χ0v) is 13.6. The van der Waals surface area contributed by atoms with Crippen molar-refractivity contribution in [2.45, 2.75) is 26.1 Å². The smallest absolute Gasteiger partial charge is 0.347 e. The van der Waals surface area contributed by atoms with Gasteiger partial charge in [0.05, 0.1) is 6.10 Å². The molecule has 3 rings (SSSR count). The maximum absolute atomic E-state index is 12.4. The van der Waals surface area contributed by atoms with Crippen LogP contribution in [0.5, 0.6) is 0 Å². The van der Waals surface area contributed by atoms with Crippen molar-refractivity contribution in [3.05, 3.63) is 77.4 Å². The Balaban J connectivity index is 2.14. The molecule has 0 spiro atoms. The second-order valence-corrected chi connectivity index (χ2v) is 5.80. The van der Waals surface area contributed by atoms with Gasteiger partial charge in [0.15, 0.2) is 11.7 Å². The zero-order chi connectivity index (χ0) is 17.1. The van der Waals surface area contributed by atoms with Crippen LogP contribution in [0.15, 0.2) is 66.2 Å². The quantitative estimate of drug-likeness (QED) is 0.636. The van der Waals surface area contributed by atoms with Crippen LogP contribution in [-0.4, -0.2) is 18.0 Å². The van der Waals surface area contributed by atoms with Crippen molar-refractivity contribution in [1.82, 2.24) is 0 Å². The van der Waals surface area contributed by atoms with Crippen LogP contribution in [0, 0.1) is 0 Å². The van der Waals surface area contributed by atoms with Gasteiger partial charge in [-0.25, -0.2) is 9.59 Å². The maximum atomic E-state index is 12.4. The van der Waals surface area contributed by atoms with Crippen molar-refractivity contribution < 1.29 is 19.1 Å². The second kappa shape index (κ2) is 6.71. The summed E-state index contributed by atoms with van der Waals surface area (Å²) < 4.78 is 10.8. The maximum Gasteiger partial charge on any atom is 0.347 e. The number of carbonyl (C=O) groups is 2. The molecule has 2 aromatic carbocycles. The summed E-state index contributed by atoms with van der Waals surface area (Å²) in [4.78, 5) is 24.8. The van der Waals surface area contributed by atoms with E-state index in [-0.39, 0.29) is 11.7 Å². The minimum atomic E-state index is -0.646. The van der Waals surface area contributed by atoms with E-state index in [9.17, 15) is 9.59 Å². The van der Waals surface area contributed by atoms with Gasteiger partial charge in [-0.05, 0) is 25.0 Å². The number of hydrogen-bond acceptors (Lipinski definition) is 4. The summed E-state index contributed by atoms with van der Waals surface area (Å²) in [7, 11) is 0. The third-order valence-electron chi connectivity index (χ3n) is 3.69. The summed E-state index contributed by atoms with van der Waals surface area (Å²) in [6.45, 7) is 3.49. The first kappa shape index (κ1) is 16.0. The normalized spacial score (nSPS) is 17.1. The molecule has 0 saturated carbocycles. The van der Waals surface area contributed by atoms with E-state index in [4.69, 9.17) is 9.47 Å². The number of carbonyl (C=O) groups excluding carboxylic acids is 2. The summed E-state index contributed by atoms with van der Waals surface area (Å²) in [5, 5.41) is 0. The van der Waals surface area contributed by atoms with Crippen molar-refractivity contribution in [3.63, 3.8) is 0 Å². The molecule has 1 aliphatic heterocycles. The SMILES string of the molecule is CC(C)OC(=O)C1=C(c2ccccc2)C(c2ccccc2)OC1=O. The van der Waals surface area contributed by atoms with Gasteiger partial charge in [-0.2, -0.15) is 0 Å². The third-order valence-corrected chi connectivity index (χ3v) is 3.69. The zero-order valence-electron chi connectivity index (χ0n) is 13.6. The lowest BCUT2D eigenvalue weighted by Gasteiger charge is -2.15. The van der Waals surface area contributed by atoms with Gasteiger partial charge in [0.1, 0.15) is 0 Å². The lowest BCUT2D eigenvalue weighted by atomic mass is 9.93. The highest BCUT2D eigenvalue weighted by atomic mass is 16.6. The van der Waals surface area contributed by atoms with Gasteiger partial charge >= 0.3 is 11.9 Å². The monoisotopic (exact) mass is 322 g/mol. The summed E-state index contributed by atoms with van der Waals surface area (Å²) in [6.07, 6.45) is -0.929. The standard InChI is InChI=1S/C20H18O4/c1-13(2)23-19(21)17-16(14-9-5-3-6-10-14)18(24-20(17)22)15-11-7-4-8-12-15/h3-13,18H,1-2H3. The van der Waals surface area contributed by atoms with Crippen LogP contribution in [0.4, 0.5) is 0 Å². The molecule has 1 heterocycles. The van der Waals surface area contributed by atoms with Crippen LogP contribution in [0.3, 0.4) is 0 Å². The number of benzene rings is 2. The van der Waals surface area contributed by atoms with Gasteiger partial charge in [-0.1, -0.05) is 60.7 Å². The molecule has 4 heteroatoms. The van der Waals surface area contributed by atoms with Crippen LogP contribution in [-0.2, 0) is 19.1 Å². The van der Waals surface area contributed by atoms with E-state index < -0.39 is 18.0 Å². The number of ether oxygens (including phenoxy) is 2. The number of hydrogen-bond donors (Lipinski definition) is 0. The molecule has 0 amide bonds. The highest BCUT2D eigenvalue weighted by Crippen LogP contribution is 2.41. The molecule has 1 unspecified atom stereocenters. The highest BCUT2D eigenvalue weighted by molar-refractivity contribution is 6.22. The van der Waals surface area contributed by atoms with Gasteiger partial charge in [0.25, 0.3) is 0 Å². The molecule has 24 heavy (non-hydrogen) atoms. The molecule has 0 bridgehead atoms. The van der Waals surface area contributed by atoms with Crippen LogP contribution in [0.2, 0.25) is 0 Å². The predicted octanol–water partition coefficient (Wildman–Crippen LogP) is 3.69. The molecule has 122 valence electrons. The second-order valence-electron chi connectivity index (χ2n) is 5.80. The van der Waals surface area contributed by atoms with E-state index in [1.54, 1.807) is 13.8 Å². The fourth-order valence-corrected chi connectivity index (χ4v) is 2.71. The van der Waals surface area contributed by atoms with Crippen molar-refractivity contribution in [2.75, 3.05) is 0 Å². The number of esters is 2. The fraction of sp³-hybridized carbons (Fsp3) is 0.200. The summed E-state index contributed by atoms with van der Waals surface area (Å²) in [5.41, 5.74) is 2.12. The summed E-state index contributed by atoms with van der Waals surface area (Å²) in [5.74, 6) is -1.29. The molecule has 1 atom stereocenters. The molecule has 0 radical (unpaired) electrons. The van der Waals surface area contributed by atoms with Crippen molar-refractivity contribution in [3.8, 4) is 0 Å². The molecule has 0 saturated heterocycles. The molecule has 0 fully saturated rings. The predicted molar refractivity (Wildman–Crippen MR) is 89.9 cm³/mol. The minimum Gasteiger partial charge on any atom is -0.459 e. The Labute approximate surface area is 140 Å². The lowest BCUT2D eigenvalue weighted by molar-refractivity contribution is -0.148.